The Morgan fingerprint density at radius 1 is 1.50 bits per heavy atom. The molecular formula is C9H18N2O. The highest BCUT2D eigenvalue weighted by molar-refractivity contribution is 4.89. The summed E-state index contributed by atoms with van der Waals surface area (Å²) in [7, 11) is 0. The van der Waals surface area contributed by atoms with Gasteiger partial charge in [-0.25, -0.2) is 0 Å². The Hall–Kier alpha value is -0.120. The SMILES string of the molecule is CC(N)C1CN(C2CC2)CCO1. The zero-order chi connectivity index (χ0) is 8.55. The average molecular weight is 170 g/mol. The van der Waals surface area contributed by atoms with Crippen molar-refractivity contribution < 1.29 is 4.74 Å². The highest BCUT2D eigenvalue weighted by Gasteiger charge is 2.33. The van der Waals surface area contributed by atoms with Gasteiger partial charge in [0.1, 0.15) is 0 Å². The van der Waals surface area contributed by atoms with Crippen LogP contribution in [0, 0.1) is 0 Å². The van der Waals surface area contributed by atoms with E-state index in [0.717, 1.165) is 25.7 Å². The zero-order valence-corrected chi connectivity index (χ0v) is 7.70. The van der Waals surface area contributed by atoms with Crippen molar-refractivity contribution >= 4 is 0 Å². The molecule has 1 heterocycles. The molecule has 1 aliphatic carbocycles. The van der Waals surface area contributed by atoms with E-state index in [1.807, 2.05) is 6.92 Å². The first-order valence-corrected chi connectivity index (χ1v) is 4.88. The van der Waals surface area contributed by atoms with Gasteiger partial charge < -0.3 is 10.5 Å². The second kappa shape index (κ2) is 3.32. The van der Waals surface area contributed by atoms with Crippen LogP contribution in [0.3, 0.4) is 0 Å². The molecule has 2 rings (SSSR count). The second-order valence-corrected chi connectivity index (χ2v) is 3.99. The molecule has 2 N–H and O–H groups in total. The Morgan fingerprint density at radius 2 is 2.25 bits per heavy atom. The smallest absolute Gasteiger partial charge is 0.0850 e. The molecule has 2 unspecified atom stereocenters. The highest BCUT2D eigenvalue weighted by atomic mass is 16.5. The molecule has 0 spiro atoms. The minimum absolute atomic E-state index is 0.173. The van der Waals surface area contributed by atoms with Crippen molar-refractivity contribution in [2.45, 2.75) is 38.0 Å². The Bertz CT molecular complexity index is 149. The fourth-order valence-electron chi connectivity index (χ4n) is 1.79. The van der Waals surface area contributed by atoms with Crippen LogP contribution in [-0.2, 0) is 4.74 Å². The molecule has 2 fully saturated rings. The number of morpholine rings is 1. The van der Waals surface area contributed by atoms with Gasteiger partial charge in [-0.1, -0.05) is 0 Å². The molecule has 0 aromatic carbocycles. The number of hydrogen-bond donors (Lipinski definition) is 1. The summed E-state index contributed by atoms with van der Waals surface area (Å²) in [5.74, 6) is 0. The first-order valence-electron chi connectivity index (χ1n) is 4.88. The van der Waals surface area contributed by atoms with Crippen molar-refractivity contribution in [1.29, 1.82) is 0 Å². The van der Waals surface area contributed by atoms with Crippen LogP contribution >= 0.6 is 0 Å². The predicted octanol–water partition coefficient (Wildman–Crippen LogP) is 0.197. The molecule has 1 aliphatic heterocycles. The third kappa shape index (κ3) is 1.79. The molecule has 0 radical (unpaired) electrons. The number of nitrogens with two attached hydrogens (primary N) is 1. The Balaban J connectivity index is 1.85. The van der Waals surface area contributed by atoms with Gasteiger partial charge in [0, 0.05) is 25.2 Å². The number of ether oxygens (including phenoxy) is 1. The van der Waals surface area contributed by atoms with E-state index in [2.05, 4.69) is 4.90 Å². The second-order valence-electron chi connectivity index (χ2n) is 3.99. The van der Waals surface area contributed by atoms with E-state index in [0.29, 0.717) is 0 Å². The largest absolute Gasteiger partial charge is 0.374 e. The van der Waals surface area contributed by atoms with Gasteiger partial charge in [0.2, 0.25) is 0 Å². The van der Waals surface area contributed by atoms with Crippen LogP contribution in [0.2, 0.25) is 0 Å². The van der Waals surface area contributed by atoms with Gasteiger partial charge in [-0.2, -0.15) is 0 Å². The predicted molar refractivity (Wildman–Crippen MR) is 48.0 cm³/mol. The van der Waals surface area contributed by atoms with E-state index in [-0.39, 0.29) is 12.1 Å². The lowest BCUT2D eigenvalue weighted by Crippen LogP contribution is -2.50. The van der Waals surface area contributed by atoms with Crippen molar-refractivity contribution in [3.8, 4) is 0 Å². The van der Waals surface area contributed by atoms with Crippen LogP contribution in [0.5, 0.6) is 0 Å². The lowest BCUT2D eigenvalue weighted by Gasteiger charge is -2.34. The van der Waals surface area contributed by atoms with Gasteiger partial charge >= 0.3 is 0 Å². The number of rotatable bonds is 2. The van der Waals surface area contributed by atoms with Gasteiger partial charge in [-0.05, 0) is 19.8 Å². The number of nitrogens with zero attached hydrogens (tertiary/aromatic N) is 1. The van der Waals surface area contributed by atoms with E-state index in [4.69, 9.17) is 10.5 Å². The summed E-state index contributed by atoms with van der Waals surface area (Å²) in [5, 5.41) is 0. The van der Waals surface area contributed by atoms with Crippen LogP contribution < -0.4 is 5.73 Å². The molecular weight excluding hydrogens is 152 g/mol. The van der Waals surface area contributed by atoms with Gasteiger partial charge in [-0.15, -0.1) is 0 Å². The van der Waals surface area contributed by atoms with Crippen molar-refractivity contribution in [3.63, 3.8) is 0 Å². The molecule has 2 atom stereocenters. The molecule has 0 bridgehead atoms. The minimum Gasteiger partial charge on any atom is -0.374 e. The van der Waals surface area contributed by atoms with E-state index in [1.165, 1.54) is 12.8 Å². The van der Waals surface area contributed by atoms with Crippen LogP contribution in [0.4, 0.5) is 0 Å². The summed E-state index contributed by atoms with van der Waals surface area (Å²) >= 11 is 0. The Labute approximate surface area is 73.9 Å². The Morgan fingerprint density at radius 3 is 2.83 bits per heavy atom. The van der Waals surface area contributed by atoms with Crippen molar-refractivity contribution in [2.75, 3.05) is 19.7 Å². The molecule has 2 aliphatic rings. The van der Waals surface area contributed by atoms with Gasteiger partial charge in [0.05, 0.1) is 12.7 Å². The first kappa shape index (κ1) is 8.48. The summed E-state index contributed by atoms with van der Waals surface area (Å²) in [6.45, 7) is 5.04. The van der Waals surface area contributed by atoms with E-state index >= 15 is 0 Å². The summed E-state index contributed by atoms with van der Waals surface area (Å²) < 4.78 is 5.58. The maximum absolute atomic E-state index is 5.80. The zero-order valence-electron chi connectivity index (χ0n) is 7.70. The normalized spacial score (nSPS) is 35.0. The molecule has 0 amide bonds. The maximum Gasteiger partial charge on any atom is 0.0850 e. The van der Waals surface area contributed by atoms with E-state index < -0.39 is 0 Å². The summed E-state index contributed by atoms with van der Waals surface area (Å²) in [6, 6.07) is 1.03. The van der Waals surface area contributed by atoms with Crippen molar-refractivity contribution in [2.24, 2.45) is 5.73 Å². The van der Waals surface area contributed by atoms with Crippen LogP contribution in [0.1, 0.15) is 19.8 Å². The lowest BCUT2D eigenvalue weighted by molar-refractivity contribution is -0.0404. The van der Waals surface area contributed by atoms with Crippen molar-refractivity contribution in [3.05, 3.63) is 0 Å². The van der Waals surface area contributed by atoms with Gasteiger partial charge in [0.25, 0.3) is 0 Å². The molecule has 0 aromatic rings. The van der Waals surface area contributed by atoms with Crippen LogP contribution in [-0.4, -0.2) is 42.8 Å². The molecule has 1 saturated heterocycles. The molecule has 12 heavy (non-hydrogen) atoms. The van der Waals surface area contributed by atoms with Crippen LogP contribution in [0.25, 0.3) is 0 Å². The minimum atomic E-state index is 0.173. The summed E-state index contributed by atoms with van der Waals surface area (Å²) in [5.41, 5.74) is 5.80. The maximum atomic E-state index is 5.80. The van der Waals surface area contributed by atoms with Crippen molar-refractivity contribution in [1.82, 2.24) is 4.90 Å². The molecule has 3 nitrogen and oxygen atoms in total. The first-order chi connectivity index (χ1) is 5.77. The fourth-order valence-corrected chi connectivity index (χ4v) is 1.79. The fraction of sp³-hybridized carbons (Fsp3) is 1.00. The molecule has 70 valence electrons. The lowest BCUT2D eigenvalue weighted by atomic mass is 10.1. The Kier molecular flexibility index (Phi) is 2.35. The number of hydrogen-bond acceptors (Lipinski definition) is 3. The third-order valence-electron chi connectivity index (χ3n) is 2.77. The highest BCUT2D eigenvalue weighted by Crippen LogP contribution is 2.28. The van der Waals surface area contributed by atoms with E-state index in [1.54, 1.807) is 0 Å². The molecule has 3 heteroatoms. The monoisotopic (exact) mass is 170 g/mol. The summed E-state index contributed by atoms with van der Waals surface area (Å²) in [4.78, 5) is 2.53. The molecule has 0 aromatic heterocycles. The third-order valence-corrected chi connectivity index (χ3v) is 2.77. The standard InChI is InChI=1S/C9H18N2O/c1-7(10)9-6-11(4-5-12-9)8-2-3-8/h7-9H,2-6,10H2,1H3. The average Bonchev–Trinajstić information content (AvgIpc) is 2.87. The topological polar surface area (TPSA) is 38.5 Å². The quantitative estimate of drug-likeness (QED) is 0.643. The summed E-state index contributed by atoms with van der Waals surface area (Å²) in [6.07, 6.45) is 3.02. The van der Waals surface area contributed by atoms with Gasteiger partial charge in [0.15, 0.2) is 0 Å². The van der Waals surface area contributed by atoms with Crippen LogP contribution in [0.15, 0.2) is 0 Å². The van der Waals surface area contributed by atoms with E-state index in [9.17, 15) is 0 Å². The molecule has 1 saturated carbocycles. The van der Waals surface area contributed by atoms with Gasteiger partial charge in [-0.3, -0.25) is 4.90 Å².